The zero-order valence-electron chi connectivity index (χ0n) is 8.66. The van der Waals surface area contributed by atoms with Crippen molar-refractivity contribution in [2.45, 2.75) is 45.3 Å². The normalized spacial score (nSPS) is 44.8. The summed E-state index contributed by atoms with van der Waals surface area (Å²) in [6.07, 6.45) is 4.76. The van der Waals surface area contributed by atoms with Crippen LogP contribution in [0, 0.1) is 11.8 Å². The van der Waals surface area contributed by atoms with Gasteiger partial charge in [-0.05, 0) is 31.1 Å². The number of epoxide rings is 1. The predicted octanol–water partition coefficient (Wildman–Crippen LogP) is 2.23. The molecule has 0 aromatic carbocycles. The van der Waals surface area contributed by atoms with Crippen LogP contribution in [0.15, 0.2) is 0 Å². The molecule has 0 amide bonds. The largest absolute Gasteiger partial charge is 0.375 e. The molecule has 2 rings (SSSR count). The molecule has 1 aliphatic heterocycles. The maximum Gasteiger partial charge on any atom is 0.104 e. The molecule has 0 aromatic rings. The van der Waals surface area contributed by atoms with Gasteiger partial charge >= 0.3 is 0 Å². The summed E-state index contributed by atoms with van der Waals surface area (Å²) in [5.74, 6) is 1.72. The van der Waals surface area contributed by atoms with Crippen LogP contribution in [-0.2, 0) is 9.47 Å². The Hall–Kier alpha value is -0.0800. The molecule has 13 heavy (non-hydrogen) atoms. The molecule has 1 saturated carbocycles. The first kappa shape index (κ1) is 9.47. The van der Waals surface area contributed by atoms with Gasteiger partial charge in [-0.3, -0.25) is 0 Å². The van der Waals surface area contributed by atoms with Gasteiger partial charge in [0.2, 0.25) is 0 Å². The second kappa shape index (κ2) is 3.97. The Morgan fingerprint density at radius 1 is 1.23 bits per heavy atom. The van der Waals surface area contributed by atoms with Crippen molar-refractivity contribution >= 4 is 0 Å². The van der Waals surface area contributed by atoms with Crippen molar-refractivity contribution in [3.8, 4) is 0 Å². The topological polar surface area (TPSA) is 21.8 Å². The highest BCUT2D eigenvalue weighted by atomic mass is 16.6. The summed E-state index contributed by atoms with van der Waals surface area (Å²) < 4.78 is 10.9. The molecule has 1 aliphatic carbocycles. The lowest BCUT2D eigenvalue weighted by Gasteiger charge is -2.31. The number of hydrogen-bond acceptors (Lipinski definition) is 2. The van der Waals surface area contributed by atoms with E-state index >= 15 is 0 Å². The standard InChI is InChI=1S/C11H20O2/c1-8-3-4-10(5-9(8)2)12-6-11-7-13-11/h8-11H,3-7H2,1-2H3. The van der Waals surface area contributed by atoms with Crippen molar-refractivity contribution in [3.05, 3.63) is 0 Å². The van der Waals surface area contributed by atoms with Gasteiger partial charge in [0.25, 0.3) is 0 Å². The van der Waals surface area contributed by atoms with E-state index in [1.165, 1.54) is 19.3 Å². The van der Waals surface area contributed by atoms with E-state index < -0.39 is 0 Å². The smallest absolute Gasteiger partial charge is 0.104 e. The lowest BCUT2D eigenvalue weighted by atomic mass is 9.80. The van der Waals surface area contributed by atoms with E-state index in [4.69, 9.17) is 9.47 Å². The summed E-state index contributed by atoms with van der Waals surface area (Å²) in [7, 11) is 0. The van der Waals surface area contributed by atoms with Crippen LogP contribution in [0.2, 0.25) is 0 Å². The predicted molar refractivity (Wildman–Crippen MR) is 51.7 cm³/mol. The third-order valence-electron chi connectivity index (χ3n) is 3.47. The van der Waals surface area contributed by atoms with Crippen molar-refractivity contribution in [1.82, 2.24) is 0 Å². The Kier molecular flexibility index (Phi) is 2.89. The van der Waals surface area contributed by atoms with Crippen molar-refractivity contribution in [2.24, 2.45) is 11.8 Å². The Labute approximate surface area is 80.6 Å². The molecular formula is C11H20O2. The second-order valence-corrected chi connectivity index (χ2v) is 4.68. The van der Waals surface area contributed by atoms with Gasteiger partial charge in [-0.15, -0.1) is 0 Å². The lowest BCUT2D eigenvalue weighted by Crippen LogP contribution is -2.27. The van der Waals surface area contributed by atoms with E-state index in [9.17, 15) is 0 Å². The van der Waals surface area contributed by atoms with Gasteiger partial charge in [0.05, 0.1) is 19.3 Å². The first-order valence-electron chi connectivity index (χ1n) is 5.49. The van der Waals surface area contributed by atoms with Gasteiger partial charge in [-0.2, -0.15) is 0 Å². The average molecular weight is 184 g/mol. The zero-order chi connectivity index (χ0) is 9.26. The molecule has 1 saturated heterocycles. The summed E-state index contributed by atoms with van der Waals surface area (Å²) in [4.78, 5) is 0. The molecular weight excluding hydrogens is 164 g/mol. The van der Waals surface area contributed by atoms with Crippen LogP contribution in [-0.4, -0.2) is 25.4 Å². The van der Waals surface area contributed by atoms with Crippen LogP contribution in [0.3, 0.4) is 0 Å². The third-order valence-corrected chi connectivity index (χ3v) is 3.47. The van der Waals surface area contributed by atoms with E-state index in [-0.39, 0.29) is 0 Å². The molecule has 1 heterocycles. The fraction of sp³-hybridized carbons (Fsp3) is 1.00. The molecule has 0 aromatic heterocycles. The van der Waals surface area contributed by atoms with Gasteiger partial charge in [-0.25, -0.2) is 0 Å². The highest BCUT2D eigenvalue weighted by Crippen LogP contribution is 2.31. The minimum absolute atomic E-state index is 0.426. The highest BCUT2D eigenvalue weighted by Gasteiger charge is 2.28. The fourth-order valence-corrected chi connectivity index (χ4v) is 2.06. The Balaban J connectivity index is 1.68. The monoisotopic (exact) mass is 184 g/mol. The Morgan fingerprint density at radius 3 is 2.62 bits per heavy atom. The molecule has 76 valence electrons. The molecule has 0 bridgehead atoms. The molecule has 4 atom stereocenters. The second-order valence-electron chi connectivity index (χ2n) is 4.68. The summed E-state index contributed by atoms with van der Waals surface area (Å²) in [5.41, 5.74) is 0. The van der Waals surface area contributed by atoms with Crippen molar-refractivity contribution in [1.29, 1.82) is 0 Å². The van der Waals surface area contributed by atoms with Crippen LogP contribution in [0.4, 0.5) is 0 Å². The lowest BCUT2D eigenvalue weighted by molar-refractivity contribution is -0.00387. The third kappa shape index (κ3) is 2.68. The van der Waals surface area contributed by atoms with Crippen LogP contribution < -0.4 is 0 Å². The average Bonchev–Trinajstić information content (AvgIpc) is 2.91. The van der Waals surface area contributed by atoms with Gasteiger partial charge < -0.3 is 9.47 Å². The van der Waals surface area contributed by atoms with Crippen molar-refractivity contribution < 1.29 is 9.47 Å². The van der Waals surface area contributed by atoms with Gasteiger partial charge in [0.1, 0.15) is 6.10 Å². The molecule has 0 N–H and O–H groups in total. The molecule has 2 nitrogen and oxygen atoms in total. The van der Waals surface area contributed by atoms with Crippen LogP contribution in [0.25, 0.3) is 0 Å². The Bertz CT molecular complexity index is 165. The molecule has 2 fully saturated rings. The van der Waals surface area contributed by atoms with E-state index in [2.05, 4.69) is 13.8 Å². The summed E-state index contributed by atoms with van der Waals surface area (Å²) in [6.45, 7) is 6.43. The molecule has 2 aliphatic rings. The SMILES string of the molecule is CC1CCC(OCC2CO2)CC1C. The summed E-state index contributed by atoms with van der Waals surface area (Å²) in [6, 6.07) is 0. The van der Waals surface area contributed by atoms with E-state index in [0.29, 0.717) is 12.2 Å². The molecule has 2 heteroatoms. The number of rotatable bonds is 3. The van der Waals surface area contributed by atoms with Gasteiger partial charge in [0, 0.05) is 0 Å². The van der Waals surface area contributed by atoms with Crippen molar-refractivity contribution in [3.63, 3.8) is 0 Å². The van der Waals surface area contributed by atoms with Gasteiger partial charge in [0.15, 0.2) is 0 Å². The highest BCUT2D eigenvalue weighted by molar-refractivity contribution is 4.77. The van der Waals surface area contributed by atoms with Crippen LogP contribution in [0.5, 0.6) is 0 Å². The van der Waals surface area contributed by atoms with Crippen LogP contribution in [0.1, 0.15) is 33.1 Å². The maximum absolute atomic E-state index is 5.80. The fourth-order valence-electron chi connectivity index (χ4n) is 2.06. The number of ether oxygens (including phenoxy) is 2. The maximum atomic E-state index is 5.80. The van der Waals surface area contributed by atoms with Crippen molar-refractivity contribution in [2.75, 3.05) is 13.2 Å². The van der Waals surface area contributed by atoms with Crippen LogP contribution >= 0.6 is 0 Å². The van der Waals surface area contributed by atoms with E-state index in [0.717, 1.165) is 25.0 Å². The van der Waals surface area contributed by atoms with E-state index in [1.807, 2.05) is 0 Å². The minimum Gasteiger partial charge on any atom is -0.375 e. The number of hydrogen-bond donors (Lipinski definition) is 0. The summed E-state index contributed by atoms with van der Waals surface area (Å²) in [5, 5.41) is 0. The molecule has 0 radical (unpaired) electrons. The Morgan fingerprint density at radius 2 is 2.00 bits per heavy atom. The molecule has 4 unspecified atom stereocenters. The van der Waals surface area contributed by atoms with E-state index in [1.54, 1.807) is 0 Å². The first-order valence-corrected chi connectivity index (χ1v) is 5.49. The van der Waals surface area contributed by atoms with Gasteiger partial charge in [-0.1, -0.05) is 13.8 Å². The minimum atomic E-state index is 0.426. The quantitative estimate of drug-likeness (QED) is 0.627. The zero-order valence-corrected chi connectivity index (χ0v) is 8.66. The summed E-state index contributed by atoms with van der Waals surface area (Å²) >= 11 is 0. The first-order chi connectivity index (χ1) is 6.25. The molecule has 0 spiro atoms.